The van der Waals surface area contributed by atoms with Gasteiger partial charge in [-0.1, -0.05) is 142 Å². The number of ketones is 1. The van der Waals surface area contributed by atoms with Gasteiger partial charge in [-0.3, -0.25) is 28.0 Å². The van der Waals surface area contributed by atoms with Crippen molar-refractivity contribution in [2.45, 2.75) is 199 Å². The Morgan fingerprint density at radius 2 is 1.23 bits per heavy atom. The molecule has 358 valence electrons. The number of aliphatic hydroxyl groups is 3. The summed E-state index contributed by atoms with van der Waals surface area (Å²) >= 11 is 0. The molecule has 0 heterocycles. The molecule has 0 aromatic carbocycles. The van der Waals surface area contributed by atoms with E-state index in [1.165, 1.54) is 44.9 Å². The van der Waals surface area contributed by atoms with E-state index in [2.05, 4.69) is 29.8 Å². The van der Waals surface area contributed by atoms with E-state index in [4.69, 9.17) is 23.8 Å². The van der Waals surface area contributed by atoms with Crippen LogP contribution in [0, 0.1) is 17.8 Å². The SMILES string of the molecule is CCCCC[C@H](O)/C=C/[C@H]1[C@H](O)CC(=O)[C@@H]1CCCCCCC(=O)OC[C@H](COP(=O)(O)OC[C@@H](O)COP(=O)(O)O)OC(=O)CCCCCCCCCCCCCC(C)C. The second-order valence-corrected chi connectivity index (χ2v) is 19.6. The summed E-state index contributed by atoms with van der Waals surface area (Å²) in [5.74, 6) is -1.06. The van der Waals surface area contributed by atoms with Gasteiger partial charge in [-0.25, -0.2) is 9.13 Å². The fourth-order valence-electron chi connectivity index (χ4n) is 7.19. The van der Waals surface area contributed by atoms with Crippen LogP contribution < -0.4 is 0 Å². The molecular weight excluding hydrogens is 834 g/mol. The van der Waals surface area contributed by atoms with Crippen LogP contribution in [-0.4, -0.2) is 98.6 Å². The van der Waals surface area contributed by atoms with E-state index in [1.807, 2.05) is 0 Å². The molecule has 0 radical (unpaired) electrons. The van der Waals surface area contributed by atoms with Crippen LogP contribution >= 0.6 is 15.6 Å². The number of unbranched alkanes of at least 4 members (excludes halogenated alkanes) is 15. The Morgan fingerprint density at radius 1 is 0.705 bits per heavy atom. The molecule has 61 heavy (non-hydrogen) atoms. The maximum atomic E-state index is 12.7. The number of ether oxygens (including phenoxy) is 2. The zero-order chi connectivity index (χ0) is 45.5. The highest BCUT2D eigenvalue weighted by molar-refractivity contribution is 7.47. The molecule has 0 aromatic heterocycles. The van der Waals surface area contributed by atoms with Crippen LogP contribution in [0.5, 0.6) is 0 Å². The first-order chi connectivity index (χ1) is 28.9. The number of carbonyl (C=O) groups excluding carboxylic acids is 3. The molecule has 18 heteroatoms. The van der Waals surface area contributed by atoms with Gasteiger partial charge in [0.25, 0.3) is 0 Å². The van der Waals surface area contributed by atoms with Crippen LogP contribution in [0.3, 0.4) is 0 Å². The first-order valence-corrected chi connectivity index (χ1v) is 25.9. The molecule has 6 N–H and O–H groups in total. The van der Waals surface area contributed by atoms with Crippen molar-refractivity contribution >= 4 is 33.4 Å². The Balaban J connectivity index is 2.52. The third kappa shape index (κ3) is 31.9. The number of aliphatic hydroxyl groups excluding tert-OH is 3. The van der Waals surface area contributed by atoms with Crippen molar-refractivity contribution in [3.05, 3.63) is 12.2 Å². The number of phosphoric acid groups is 2. The van der Waals surface area contributed by atoms with Crippen molar-refractivity contribution in [2.75, 3.05) is 26.4 Å². The van der Waals surface area contributed by atoms with Crippen LogP contribution in [0.25, 0.3) is 0 Å². The minimum atomic E-state index is -4.89. The minimum absolute atomic E-state index is 0.0130. The summed E-state index contributed by atoms with van der Waals surface area (Å²) in [7, 11) is -9.75. The van der Waals surface area contributed by atoms with Crippen molar-refractivity contribution in [3.63, 3.8) is 0 Å². The highest BCUT2D eigenvalue weighted by atomic mass is 31.2. The molecule has 0 aromatic rings. The fraction of sp³-hybridized carbons (Fsp3) is 0.884. The molecule has 1 fully saturated rings. The summed E-state index contributed by atoms with van der Waals surface area (Å²) in [6.07, 6.45) is 19.7. The summed E-state index contributed by atoms with van der Waals surface area (Å²) in [4.78, 5) is 65.5. The van der Waals surface area contributed by atoms with Gasteiger partial charge in [0.15, 0.2) is 6.10 Å². The summed E-state index contributed by atoms with van der Waals surface area (Å²) < 4.78 is 47.8. The van der Waals surface area contributed by atoms with E-state index in [0.29, 0.717) is 38.5 Å². The van der Waals surface area contributed by atoms with Gasteiger partial charge in [-0.2, -0.15) is 0 Å². The molecule has 0 amide bonds. The van der Waals surface area contributed by atoms with Gasteiger partial charge in [0.2, 0.25) is 0 Å². The third-order valence-corrected chi connectivity index (χ3v) is 12.2. The lowest BCUT2D eigenvalue weighted by Crippen LogP contribution is -2.30. The quantitative estimate of drug-likeness (QED) is 0.0147. The van der Waals surface area contributed by atoms with Crippen molar-refractivity contribution in [1.29, 1.82) is 0 Å². The van der Waals surface area contributed by atoms with E-state index in [1.54, 1.807) is 12.2 Å². The molecule has 0 spiro atoms. The maximum absolute atomic E-state index is 12.7. The van der Waals surface area contributed by atoms with E-state index in [9.17, 15) is 43.7 Å². The molecule has 0 saturated heterocycles. The molecule has 1 aliphatic carbocycles. The number of hydrogen-bond acceptors (Lipinski definition) is 13. The molecule has 1 saturated carbocycles. The van der Waals surface area contributed by atoms with Crippen LogP contribution in [-0.2, 0) is 46.6 Å². The maximum Gasteiger partial charge on any atom is 0.472 e. The van der Waals surface area contributed by atoms with Crippen molar-refractivity contribution in [2.24, 2.45) is 17.8 Å². The molecule has 16 nitrogen and oxygen atoms in total. The summed E-state index contributed by atoms with van der Waals surface area (Å²) in [6.45, 7) is 3.70. The van der Waals surface area contributed by atoms with Crippen LogP contribution in [0.1, 0.15) is 175 Å². The first-order valence-electron chi connectivity index (χ1n) is 22.8. The van der Waals surface area contributed by atoms with Gasteiger partial charge in [-0.15, -0.1) is 0 Å². The van der Waals surface area contributed by atoms with E-state index < -0.39 is 78.4 Å². The van der Waals surface area contributed by atoms with E-state index in [0.717, 1.165) is 57.3 Å². The van der Waals surface area contributed by atoms with Gasteiger partial charge in [-0.05, 0) is 31.6 Å². The standard InChI is InChI=1S/C43H80O16P2/c1-4-5-17-23-35(44)27-28-39-38(40(46)29-41(39)47)24-19-15-16-20-25-42(48)55-32-37(33-58-61(53,54)57-31-36(45)30-56-60(50,51)52)59-43(49)26-21-14-12-10-8-6-7-9-11-13-18-22-34(2)3/h27-28,34-39,41,44-45,47H,4-26,29-33H2,1-3H3,(H,53,54)(H2,50,51,52)/b28-27+/t35-,36-,37+,38+,39+,41+/m0/s1. The van der Waals surface area contributed by atoms with Crippen LogP contribution in [0.4, 0.5) is 0 Å². The summed E-state index contributed by atoms with van der Waals surface area (Å²) in [5.41, 5.74) is 0. The van der Waals surface area contributed by atoms with E-state index in [-0.39, 0.29) is 36.9 Å². The third-order valence-electron chi connectivity index (χ3n) is 10.7. The molecule has 0 aliphatic heterocycles. The molecule has 1 aliphatic rings. The number of rotatable bonds is 39. The lowest BCUT2D eigenvalue weighted by molar-refractivity contribution is -0.161. The zero-order valence-electron chi connectivity index (χ0n) is 37.2. The van der Waals surface area contributed by atoms with Gasteiger partial charge < -0.3 is 39.5 Å². The zero-order valence-corrected chi connectivity index (χ0v) is 38.9. The topological polar surface area (TPSA) is 253 Å². The Kier molecular flexibility index (Phi) is 31.9. The fourth-order valence-corrected chi connectivity index (χ4v) is 8.35. The van der Waals surface area contributed by atoms with Gasteiger partial charge in [0, 0.05) is 31.1 Å². The lowest BCUT2D eigenvalue weighted by Gasteiger charge is -2.20. The molecule has 1 rings (SSSR count). The Morgan fingerprint density at radius 3 is 1.82 bits per heavy atom. The number of esters is 2. The molecule has 0 bridgehead atoms. The molecule has 7 atom stereocenters. The normalized spacial score (nSPS) is 19.6. The van der Waals surface area contributed by atoms with Gasteiger partial charge in [0.1, 0.15) is 18.5 Å². The second kappa shape index (κ2) is 33.9. The smallest absolute Gasteiger partial charge is 0.462 e. The predicted molar refractivity (Wildman–Crippen MR) is 231 cm³/mol. The number of phosphoric ester groups is 2. The largest absolute Gasteiger partial charge is 0.472 e. The second-order valence-electron chi connectivity index (χ2n) is 16.9. The van der Waals surface area contributed by atoms with Crippen LogP contribution in [0.2, 0.25) is 0 Å². The average molecular weight is 915 g/mol. The minimum Gasteiger partial charge on any atom is -0.462 e. The highest BCUT2D eigenvalue weighted by Gasteiger charge is 2.39. The van der Waals surface area contributed by atoms with Crippen LogP contribution in [0.15, 0.2) is 12.2 Å². The first kappa shape index (κ1) is 57.5. The molecular formula is C43H80O16P2. The monoisotopic (exact) mass is 914 g/mol. The number of carbonyl (C=O) groups is 3. The van der Waals surface area contributed by atoms with Gasteiger partial charge in [0.05, 0.1) is 32.0 Å². The Bertz CT molecular complexity index is 1310. The summed E-state index contributed by atoms with van der Waals surface area (Å²) in [6, 6.07) is 0. The van der Waals surface area contributed by atoms with Gasteiger partial charge >= 0.3 is 27.6 Å². The molecule has 1 unspecified atom stereocenters. The highest BCUT2D eigenvalue weighted by Crippen LogP contribution is 2.44. The van der Waals surface area contributed by atoms with Crippen molar-refractivity contribution in [3.8, 4) is 0 Å². The van der Waals surface area contributed by atoms with Crippen molar-refractivity contribution < 1.29 is 76.6 Å². The Labute approximate surface area is 364 Å². The predicted octanol–water partition coefficient (Wildman–Crippen LogP) is 8.18. The summed E-state index contributed by atoms with van der Waals surface area (Å²) in [5, 5.41) is 30.5. The number of Topliss-reactive ketones (excluding diaryl/α,β-unsaturated/α-hetero) is 1. The number of hydrogen-bond donors (Lipinski definition) is 6. The van der Waals surface area contributed by atoms with Crippen molar-refractivity contribution in [1.82, 2.24) is 0 Å². The lowest BCUT2D eigenvalue weighted by atomic mass is 9.88. The average Bonchev–Trinajstić information content (AvgIpc) is 3.46. The Hall–Kier alpha value is -1.55. The van der Waals surface area contributed by atoms with E-state index >= 15 is 0 Å².